The number of esters is 2. The second-order valence-electron chi connectivity index (χ2n) is 10.4. The van der Waals surface area contributed by atoms with Gasteiger partial charge in [-0.15, -0.1) is 11.3 Å². The average Bonchev–Trinajstić information content (AvgIpc) is 3.37. The lowest BCUT2D eigenvalue weighted by atomic mass is 9.85. The van der Waals surface area contributed by atoms with Gasteiger partial charge < -0.3 is 19.5 Å². The standard InChI is InChI=1S/C33H30ClNO5S/c1-19-17-33(3,4)35-27-14-13-24(26(30(19)27)18-39-32(37)29-15-6-20(2)41-29)25-12-11-23(16-28(25)38-5)40-31(36)21-7-9-22(34)10-8-21/h6-17,35H,18H2,1-5H3. The molecule has 4 aromatic rings. The summed E-state index contributed by atoms with van der Waals surface area (Å²) in [5.74, 6) is -0.0208. The first-order valence-electron chi connectivity index (χ1n) is 13.1. The molecule has 0 amide bonds. The fourth-order valence-corrected chi connectivity index (χ4v) is 5.95. The van der Waals surface area contributed by atoms with Crippen molar-refractivity contribution in [2.75, 3.05) is 12.4 Å². The molecule has 0 aliphatic carbocycles. The number of anilines is 1. The molecule has 0 saturated heterocycles. The number of fused-ring (bicyclic) bond motifs is 1. The first-order valence-corrected chi connectivity index (χ1v) is 14.3. The number of benzene rings is 3. The Morgan fingerprint density at radius 2 is 1.66 bits per heavy atom. The van der Waals surface area contributed by atoms with Crippen LogP contribution in [0.2, 0.25) is 5.02 Å². The highest BCUT2D eigenvalue weighted by Crippen LogP contribution is 2.43. The summed E-state index contributed by atoms with van der Waals surface area (Å²) in [6, 6.07) is 19.5. The molecule has 210 valence electrons. The molecule has 0 bridgehead atoms. The van der Waals surface area contributed by atoms with Crippen LogP contribution in [0.4, 0.5) is 5.69 Å². The largest absolute Gasteiger partial charge is 0.496 e. The highest BCUT2D eigenvalue weighted by atomic mass is 35.5. The van der Waals surface area contributed by atoms with E-state index in [-0.39, 0.29) is 18.1 Å². The Bertz CT molecular complexity index is 1670. The molecular weight excluding hydrogens is 558 g/mol. The monoisotopic (exact) mass is 587 g/mol. The number of ether oxygens (including phenoxy) is 3. The number of nitrogens with one attached hydrogen (secondary N) is 1. The fraction of sp³-hybridized carbons (Fsp3) is 0.212. The molecule has 0 radical (unpaired) electrons. The van der Waals surface area contributed by atoms with Crippen molar-refractivity contribution in [3.05, 3.63) is 104 Å². The van der Waals surface area contributed by atoms with E-state index in [2.05, 4.69) is 32.2 Å². The van der Waals surface area contributed by atoms with Crippen molar-refractivity contribution in [2.45, 2.75) is 39.8 Å². The molecule has 6 nitrogen and oxygen atoms in total. The van der Waals surface area contributed by atoms with Crippen molar-refractivity contribution in [2.24, 2.45) is 0 Å². The number of halogens is 1. The Hall–Kier alpha value is -4.07. The van der Waals surface area contributed by atoms with Crippen LogP contribution in [-0.2, 0) is 11.3 Å². The Morgan fingerprint density at radius 3 is 2.34 bits per heavy atom. The molecule has 5 rings (SSSR count). The normalized spacial score (nSPS) is 13.5. The van der Waals surface area contributed by atoms with Gasteiger partial charge in [-0.1, -0.05) is 23.7 Å². The number of hydrogen-bond acceptors (Lipinski definition) is 7. The van der Waals surface area contributed by atoms with Crippen molar-refractivity contribution in [3.63, 3.8) is 0 Å². The van der Waals surface area contributed by atoms with E-state index >= 15 is 0 Å². The van der Waals surface area contributed by atoms with Crippen molar-refractivity contribution in [3.8, 4) is 22.6 Å². The zero-order valence-electron chi connectivity index (χ0n) is 23.5. The van der Waals surface area contributed by atoms with Gasteiger partial charge >= 0.3 is 11.9 Å². The lowest BCUT2D eigenvalue weighted by molar-refractivity contribution is 0.0478. The van der Waals surface area contributed by atoms with Crippen LogP contribution in [0.1, 0.15) is 56.8 Å². The predicted molar refractivity (Wildman–Crippen MR) is 164 cm³/mol. The predicted octanol–water partition coefficient (Wildman–Crippen LogP) is 8.57. The minimum atomic E-state index is -0.504. The number of hydrogen-bond donors (Lipinski definition) is 1. The minimum absolute atomic E-state index is 0.0675. The molecule has 1 aliphatic heterocycles. The summed E-state index contributed by atoms with van der Waals surface area (Å²) in [6.45, 7) is 8.31. The van der Waals surface area contributed by atoms with E-state index in [1.165, 1.54) is 11.3 Å². The van der Waals surface area contributed by atoms with E-state index in [1.807, 2.05) is 31.2 Å². The lowest BCUT2D eigenvalue weighted by Gasteiger charge is -2.33. The van der Waals surface area contributed by atoms with Gasteiger partial charge in [-0.05, 0) is 93.4 Å². The second kappa shape index (κ2) is 11.4. The summed E-state index contributed by atoms with van der Waals surface area (Å²) in [4.78, 5) is 27.2. The highest BCUT2D eigenvalue weighted by Gasteiger charge is 2.27. The van der Waals surface area contributed by atoms with E-state index in [1.54, 1.807) is 49.6 Å². The summed E-state index contributed by atoms with van der Waals surface area (Å²) < 4.78 is 17.2. The summed E-state index contributed by atoms with van der Waals surface area (Å²) in [6.07, 6.45) is 2.17. The molecule has 1 aromatic heterocycles. The van der Waals surface area contributed by atoms with Gasteiger partial charge in [-0.3, -0.25) is 0 Å². The molecule has 0 unspecified atom stereocenters. The Balaban J connectivity index is 1.52. The van der Waals surface area contributed by atoms with E-state index in [9.17, 15) is 9.59 Å². The van der Waals surface area contributed by atoms with Gasteiger partial charge in [-0.25, -0.2) is 9.59 Å². The smallest absolute Gasteiger partial charge is 0.348 e. The van der Waals surface area contributed by atoms with Crippen molar-refractivity contribution >= 4 is 46.1 Å². The van der Waals surface area contributed by atoms with Crippen LogP contribution in [0.5, 0.6) is 11.5 Å². The van der Waals surface area contributed by atoms with Crippen molar-refractivity contribution in [1.29, 1.82) is 0 Å². The number of carbonyl (C=O) groups is 2. The second-order valence-corrected chi connectivity index (χ2v) is 12.2. The number of carbonyl (C=O) groups excluding carboxylic acids is 2. The molecule has 8 heteroatoms. The Kier molecular flexibility index (Phi) is 7.93. The van der Waals surface area contributed by atoms with Crippen LogP contribution in [0.15, 0.2) is 72.8 Å². The molecular formula is C33H30ClNO5S. The zero-order valence-corrected chi connectivity index (χ0v) is 25.0. The molecule has 1 aliphatic rings. The molecule has 1 N–H and O–H groups in total. The van der Waals surface area contributed by atoms with Gasteiger partial charge in [0.25, 0.3) is 0 Å². The van der Waals surface area contributed by atoms with Gasteiger partial charge in [0.15, 0.2) is 0 Å². The number of aryl methyl sites for hydroxylation is 1. The van der Waals surface area contributed by atoms with Crippen LogP contribution < -0.4 is 14.8 Å². The third-order valence-electron chi connectivity index (χ3n) is 6.78. The summed E-state index contributed by atoms with van der Waals surface area (Å²) in [7, 11) is 1.57. The maximum atomic E-state index is 12.9. The van der Waals surface area contributed by atoms with E-state index in [0.717, 1.165) is 38.4 Å². The minimum Gasteiger partial charge on any atom is -0.496 e. The maximum absolute atomic E-state index is 12.9. The van der Waals surface area contributed by atoms with Gasteiger partial charge in [0.05, 0.1) is 18.2 Å². The van der Waals surface area contributed by atoms with Gasteiger partial charge in [0.1, 0.15) is 23.0 Å². The Morgan fingerprint density at radius 1 is 0.927 bits per heavy atom. The van der Waals surface area contributed by atoms with E-state index < -0.39 is 5.97 Å². The summed E-state index contributed by atoms with van der Waals surface area (Å²) in [5, 5.41) is 4.11. The first-order chi connectivity index (χ1) is 19.5. The fourth-order valence-electron chi connectivity index (χ4n) is 5.06. The van der Waals surface area contributed by atoms with Crippen LogP contribution in [0, 0.1) is 6.92 Å². The SMILES string of the molecule is COc1cc(OC(=O)c2ccc(Cl)cc2)ccc1-c1ccc2c(c1COC(=O)c1ccc(C)s1)C(C)=CC(C)(C)N2. The molecule has 0 saturated carbocycles. The van der Waals surface area contributed by atoms with E-state index in [0.29, 0.717) is 27.0 Å². The van der Waals surface area contributed by atoms with Crippen LogP contribution in [0.25, 0.3) is 16.7 Å². The summed E-state index contributed by atoms with van der Waals surface area (Å²) in [5.41, 5.74) is 5.66. The third kappa shape index (κ3) is 6.16. The topological polar surface area (TPSA) is 73.9 Å². The molecule has 0 spiro atoms. The summed E-state index contributed by atoms with van der Waals surface area (Å²) >= 11 is 7.35. The highest BCUT2D eigenvalue weighted by molar-refractivity contribution is 7.13. The van der Waals surface area contributed by atoms with Gasteiger partial charge in [0.2, 0.25) is 0 Å². The number of allylic oxidation sites excluding steroid dienone is 1. The number of methoxy groups -OCH3 is 1. The van der Waals surface area contributed by atoms with Crippen LogP contribution in [-0.4, -0.2) is 24.6 Å². The molecule has 3 aromatic carbocycles. The van der Waals surface area contributed by atoms with E-state index in [4.69, 9.17) is 25.8 Å². The van der Waals surface area contributed by atoms with Gasteiger partial charge in [-0.2, -0.15) is 0 Å². The average molecular weight is 588 g/mol. The molecule has 41 heavy (non-hydrogen) atoms. The maximum Gasteiger partial charge on any atom is 0.348 e. The van der Waals surface area contributed by atoms with Crippen molar-refractivity contribution in [1.82, 2.24) is 0 Å². The van der Waals surface area contributed by atoms with Crippen LogP contribution in [0.3, 0.4) is 0 Å². The number of rotatable bonds is 7. The number of thiophene rings is 1. The quantitative estimate of drug-likeness (QED) is 0.172. The first kappa shape index (κ1) is 28.5. The molecule has 0 atom stereocenters. The van der Waals surface area contributed by atoms with Gasteiger partial charge in [0, 0.05) is 38.3 Å². The molecule has 0 fully saturated rings. The Labute approximate surface area is 248 Å². The lowest BCUT2D eigenvalue weighted by Crippen LogP contribution is -2.32. The van der Waals surface area contributed by atoms with Crippen molar-refractivity contribution < 1.29 is 23.8 Å². The molecule has 2 heterocycles. The van der Waals surface area contributed by atoms with Crippen LogP contribution >= 0.6 is 22.9 Å². The zero-order chi connectivity index (χ0) is 29.3. The third-order valence-corrected chi connectivity index (χ3v) is 8.02.